The smallest absolute Gasteiger partial charge is 0.305 e. The van der Waals surface area contributed by atoms with Crippen molar-refractivity contribution in [3.05, 3.63) is 59.7 Å². The average Bonchev–Trinajstić information content (AvgIpc) is 2.38. The highest BCUT2D eigenvalue weighted by Crippen LogP contribution is 2.31. The Kier molecular flexibility index (Phi) is 3.42. The highest BCUT2D eigenvalue weighted by molar-refractivity contribution is 5.97. The van der Waals surface area contributed by atoms with Crippen molar-refractivity contribution in [1.82, 2.24) is 0 Å². The molecule has 0 unspecified atom stereocenters. The summed E-state index contributed by atoms with van der Waals surface area (Å²) in [6.45, 7) is 1.67. The van der Waals surface area contributed by atoms with Gasteiger partial charge in [-0.25, -0.2) is 0 Å². The van der Waals surface area contributed by atoms with Crippen LogP contribution >= 0.6 is 0 Å². The van der Waals surface area contributed by atoms with Crippen LogP contribution < -0.4 is 0 Å². The summed E-state index contributed by atoms with van der Waals surface area (Å²) in [6, 6.07) is 12.2. The van der Waals surface area contributed by atoms with Crippen LogP contribution in [0, 0.1) is 5.41 Å². The molecule has 0 radical (unpaired) electrons. The lowest BCUT2D eigenvalue weighted by Gasteiger charge is -2.08. The predicted octanol–water partition coefficient (Wildman–Crippen LogP) is 4.76. The molecule has 0 aliphatic heterocycles. The molecular weight excluding hydrogens is 251 g/mol. The number of nitrogens with one attached hydrogen (secondary N) is 1. The quantitative estimate of drug-likeness (QED) is 0.755. The second-order valence-electron chi connectivity index (χ2n) is 4.28. The lowest BCUT2D eigenvalue weighted by molar-refractivity contribution is -0.137. The van der Waals surface area contributed by atoms with E-state index in [9.17, 15) is 13.2 Å². The van der Waals surface area contributed by atoms with Gasteiger partial charge in [0.15, 0.2) is 0 Å². The van der Waals surface area contributed by atoms with E-state index in [-0.39, 0.29) is 0 Å². The van der Waals surface area contributed by atoms with E-state index in [4.69, 9.17) is 5.41 Å². The van der Waals surface area contributed by atoms with Crippen LogP contribution in [0.4, 0.5) is 13.2 Å². The third-order valence-electron chi connectivity index (χ3n) is 2.84. The molecule has 0 fully saturated rings. The van der Waals surface area contributed by atoms with Gasteiger partial charge in [0.25, 0.3) is 0 Å². The summed E-state index contributed by atoms with van der Waals surface area (Å²) < 4.78 is 37.4. The van der Waals surface area contributed by atoms with Gasteiger partial charge in [-0.15, -0.1) is 0 Å². The highest BCUT2D eigenvalue weighted by atomic mass is 19.4. The second kappa shape index (κ2) is 4.88. The Bertz CT molecular complexity index is 598. The predicted molar refractivity (Wildman–Crippen MR) is 69.4 cm³/mol. The van der Waals surface area contributed by atoms with Crippen molar-refractivity contribution in [2.45, 2.75) is 13.1 Å². The number of benzene rings is 2. The lowest BCUT2D eigenvalue weighted by Crippen LogP contribution is -2.04. The fourth-order valence-corrected chi connectivity index (χ4v) is 1.78. The summed E-state index contributed by atoms with van der Waals surface area (Å²) in [6.07, 6.45) is -4.31. The molecule has 0 atom stereocenters. The summed E-state index contributed by atoms with van der Waals surface area (Å²) in [5.41, 5.74) is 2.04. The molecule has 0 amide bonds. The van der Waals surface area contributed by atoms with Gasteiger partial charge < -0.3 is 5.41 Å². The molecule has 19 heavy (non-hydrogen) atoms. The Morgan fingerprint density at radius 1 is 0.947 bits per heavy atom. The molecule has 0 saturated carbocycles. The summed E-state index contributed by atoms with van der Waals surface area (Å²) in [5.74, 6) is 0. The summed E-state index contributed by atoms with van der Waals surface area (Å²) in [4.78, 5) is 0. The van der Waals surface area contributed by atoms with Crippen LogP contribution in [-0.2, 0) is 6.18 Å². The molecule has 4 heteroatoms. The van der Waals surface area contributed by atoms with Crippen molar-refractivity contribution in [3.8, 4) is 11.1 Å². The van der Waals surface area contributed by atoms with Gasteiger partial charge in [0.05, 0.1) is 5.56 Å². The zero-order valence-electron chi connectivity index (χ0n) is 10.3. The summed E-state index contributed by atoms with van der Waals surface area (Å²) >= 11 is 0. The third-order valence-corrected chi connectivity index (χ3v) is 2.84. The maximum absolute atomic E-state index is 12.5. The maximum Gasteiger partial charge on any atom is 0.416 e. The van der Waals surface area contributed by atoms with Crippen LogP contribution in [0.1, 0.15) is 18.1 Å². The molecule has 0 bridgehead atoms. The van der Waals surface area contributed by atoms with Crippen molar-refractivity contribution in [1.29, 1.82) is 5.41 Å². The molecule has 0 spiro atoms. The molecule has 0 saturated heterocycles. The van der Waals surface area contributed by atoms with Gasteiger partial charge in [-0.05, 0) is 41.8 Å². The fraction of sp³-hybridized carbons (Fsp3) is 0.133. The fourth-order valence-electron chi connectivity index (χ4n) is 1.78. The summed E-state index contributed by atoms with van der Waals surface area (Å²) in [5, 5.41) is 7.56. The van der Waals surface area contributed by atoms with Gasteiger partial charge >= 0.3 is 6.18 Å². The van der Waals surface area contributed by atoms with Gasteiger partial charge in [0, 0.05) is 5.71 Å². The number of alkyl halides is 3. The first-order chi connectivity index (χ1) is 8.88. The van der Waals surface area contributed by atoms with E-state index >= 15 is 0 Å². The molecule has 0 aliphatic carbocycles. The number of hydrogen-bond acceptors (Lipinski definition) is 1. The first-order valence-electron chi connectivity index (χ1n) is 5.71. The standard InChI is InChI=1S/C15H12F3N/c1-10(19)12-3-2-4-13(9-12)11-5-7-14(8-6-11)15(16,17)18/h2-9,19H,1H3. The van der Waals surface area contributed by atoms with E-state index in [0.717, 1.165) is 23.3 Å². The monoisotopic (exact) mass is 263 g/mol. The first kappa shape index (κ1) is 13.3. The van der Waals surface area contributed by atoms with Crippen LogP contribution in [-0.4, -0.2) is 5.71 Å². The van der Waals surface area contributed by atoms with E-state index in [2.05, 4.69) is 0 Å². The molecule has 2 aromatic rings. The molecule has 2 rings (SSSR count). The Morgan fingerprint density at radius 2 is 1.58 bits per heavy atom. The van der Waals surface area contributed by atoms with E-state index in [1.54, 1.807) is 25.1 Å². The molecule has 1 nitrogen and oxygen atoms in total. The zero-order valence-corrected chi connectivity index (χ0v) is 10.3. The molecule has 2 aromatic carbocycles. The van der Waals surface area contributed by atoms with Gasteiger partial charge in [-0.3, -0.25) is 0 Å². The number of rotatable bonds is 2. The minimum absolute atomic E-state index is 0.425. The summed E-state index contributed by atoms with van der Waals surface area (Å²) in [7, 11) is 0. The van der Waals surface area contributed by atoms with Crippen LogP contribution in [0.15, 0.2) is 48.5 Å². The Morgan fingerprint density at radius 3 is 2.11 bits per heavy atom. The zero-order chi connectivity index (χ0) is 14.0. The van der Waals surface area contributed by atoms with E-state index in [1.807, 2.05) is 6.07 Å². The van der Waals surface area contributed by atoms with Crippen molar-refractivity contribution < 1.29 is 13.2 Å². The number of halogens is 3. The minimum Gasteiger partial charge on any atom is -0.305 e. The van der Waals surface area contributed by atoms with Crippen molar-refractivity contribution in [3.63, 3.8) is 0 Å². The molecular formula is C15H12F3N. The van der Waals surface area contributed by atoms with Crippen molar-refractivity contribution >= 4 is 5.71 Å². The number of hydrogen-bond donors (Lipinski definition) is 1. The van der Waals surface area contributed by atoms with Crippen molar-refractivity contribution in [2.75, 3.05) is 0 Å². The SMILES string of the molecule is CC(=N)c1cccc(-c2ccc(C(F)(F)F)cc2)c1. The van der Waals surface area contributed by atoms with Crippen LogP contribution in [0.2, 0.25) is 0 Å². The van der Waals surface area contributed by atoms with E-state index < -0.39 is 11.7 Å². The molecule has 0 heterocycles. The van der Waals surface area contributed by atoms with Gasteiger partial charge in [-0.2, -0.15) is 13.2 Å². The van der Waals surface area contributed by atoms with Gasteiger partial charge in [0.1, 0.15) is 0 Å². The molecule has 0 aromatic heterocycles. The van der Waals surface area contributed by atoms with Crippen LogP contribution in [0.25, 0.3) is 11.1 Å². The third kappa shape index (κ3) is 3.02. The van der Waals surface area contributed by atoms with Crippen molar-refractivity contribution in [2.24, 2.45) is 0 Å². The molecule has 0 aliphatic rings. The minimum atomic E-state index is -4.31. The lowest BCUT2D eigenvalue weighted by atomic mass is 10.0. The van der Waals surface area contributed by atoms with E-state index in [1.165, 1.54) is 12.1 Å². The Labute approximate surface area is 109 Å². The Hall–Kier alpha value is -2.10. The van der Waals surface area contributed by atoms with Gasteiger partial charge in [-0.1, -0.05) is 30.3 Å². The van der Waals surface area contributed by atoms with Crippen LogP contribution in [0.5, 0.6) is 0 Å². The average molecular weight is 263 g/mol. The molecule has 1 N–H and O–H groups in total. The second-order valence-corrected chi connectivity index (χ2v) is 4.28. The normalized spacial score (nSPS) is 11.4. The Balaban J connectivity index is 2.37. The highest BCUT2D eigenvalue weighted by Gasteiger charge is 2.29. The topological polar surface area (TPSA) is 23.9 Å². The van der Waals surface area contributed by atoms with Crippen LogP contribution in [0.3, 0.4) is 0 Å². The first-order valence-corrected chi connectivity index (χ1v) is 5.71. The molecule has 98 valence electrons. The maximum atomic E-state index is 12.5. The largest absolute Gasteiger partial charge is 0.416 e. The van der Waals surface area contributed by atoms with E-state index in [0.29, 0.717) is 11.3 Å². The van der Waals surface area contributed by atoms with Gasteiger partial charge in [0.2, 0.25) is 0 Å².